The summed E-state index contributed by atoms with van der Waals surface area (Å²) in [5, 5.41) is 0. The minimum atomic E-state index is -1.10. The van der Waals surface area contributed by atoms with Crippen molar-refractivity contribution in [3.8, 4) is 11.1 Å². The van der Waals surface area contributed by atoms with Crippen molar-refractivity contribution in [1.82, 2.24) is 9.62 Å². The lowest BCUT2D eigenvalue weighted by Crippen LogP contribution is -2.48. The molecule has 1 N–H and O–H groups in total. The molecule has 2 fully saturated rings. The number of likely N-dealkylation sites (tertiary alicyclic amines) is 1. The molecule has 4 nitrogen and oxygen atoms in total. The molecule has 1 amide bonds. The predicted octanol–water partition coefficient (Wildman–Crippen LogP) is 3.61. The number of hydrogen-bond donors (Lipinski definition) is 1. The third kappa shape index (κ3) is 4.41. The van der Waals surface area contributed by atoms with E-state index in [1.807, 2.05) is 29.2 Å². The largest absolute Gasteiger partial charge is 0.341 e. The molecule has 4 rings (SSSR count). The van der Waals surface area contributed by atoms with Crippen LogP contribution in [0.15, 0.2) is 42.5 Å². The molecular formula is C22H24F2N2O2S. The summed E-state index contributed by atoms with van der Waals surface area (Å²) in [4.78, 5) is 14.9. The van der Waals surface area contributed by atoms with E-state index in [1.54, 1.807) is 12.3 Å². The molecule has 1 saturated heterocycles. The Labute approximate surface area is 171 Å². The number of carbonyl (C=O) groups is 1. The first-order valence-electron chi connectivity index (χ1n) is 9.86. The van der Waals surface area contributed by atoms with Gasteiger partial charge < -0.3 is 4.90 Å². The number of benzene rings is 2. The van der Waals surface area contributed by atoms with E-state index in [1.165, 1.54) is 6.07 Å². The third-order valence-electron chi connectivity index (χ3n) is 5.76. The van der Waals surface area contributed by atoms with Gasteiger partial charge in [0.25, 0.3) is 0 Å². The molecule has 0 aromatic heterocycles. The number of piperidine rings is 1. The van der Waals surface area contributed by atoms with Crippen molar-refractivity contribution in [2.24, 2.45) is 5.92 Å². The molecule has 4 unspecified atom stereocenters. The Bertz CT molecular complexity index is 952. The first-order valence-corrected chi connectivity index (χ1v) is 11.4. The van der Waals surface area contributed by atoms with Crippen molar-refractivity contribution < 1.29 is 17.8 Å². The highest BCUT2D eigenvalue weighted by Crippen LogP contribution is 2.51. The van der Waals surface area contributed by atoms with E-state index < -0.39 is 22.6 Å². The van der Waals surface area contributed by atoms with E-state index in [9.17, 15) is 17.8 Å². The summed E-state index contributed by atoms with van der Waals surface area (Å²) in [6.45, 7) is 1.30. The molecule has 1 heterocycles. The van der Waals surface area contributed by atoms with Crippen LogP contribution in [0.2, 0.25) is 0 Å². The zero-order valence-corrected chi connectivity index (χ0v) is 17.1. The zero-order chi connectivity index (χ0) is 20.5. The number of rotatable bonds is 5. The van der Waals surface area contributed by atoms with Gasteiger partial charge in [-0.3, -0.25) is 4.79 Å². The van der Waals surface area contributed by atoms with Gasteiger partial charge in [0.1, 0.15) is 0 Å². The lowest BCUT2D eigenvalue weighted by atomic mass is 9.95. The highest BCUT2D eigenvalue weighted by Gasteiger charge is 2.47. The molecule has 1 saturated carbocycles. The van der Waals surface area contributed by atoms with Crippen molar-refractivity contribution in [3.05, 3.63) is 59.7 Å². The van der Waals surface area contributed by atoms with Crippen molar-refractivity contribution in [2.75, 3.05) is 19.3 Å². The number of halogens is 2. The molecule has 2 aromatic carbocycles. The number of amides is 1. The molecule has 7 heteroatoms. The standard InChI is InChI=1S/C22H24F2N2O2S/c1-29(28)25-15-5-4-10-26(13-15)22(27)19-12-18(19)17-7-3-2-6-16(17)14-8-9-20(23)21(24)11-14/h2-3,6-9,11,15,18-19,25H,4-5,10,12-13H2,1H3. The van der Waals surface area contributed by atoms with E-state index in [2.05, 4.69) is 4.72 Å². The molecule has 0 radical (unpaired) electrons. The van der Waals surface area contributed by atoms with Crippen LogP contribution in [0.1, 0.15) is 30.7 Å². The molecule has 4 atom stereocenters. The molecule has 1 aliphatic carbocycles. The molecule has 2 aliphatic rings. The molecule has 154 valence electrons. The lowest BCUT2D eigenvalue weighted by Gasteiger charge is -2.33. The monoisotopic (exact) mass is 418 g/mol. The molecule has 0 bridgehead atoms. The van der Waals surface area contributed by atoms with Crippen LogP contribution < -0.4 is 4.72 Å². The Kier molecular flexibility index (Phi) is 5.79. The number of hydrogen-bond acceptors (Lipinski definition) is 2. The van der Waals surface area contributed by atoms with Crippen molar-refractivity contribution >= 4 is 16.9 Å². The second-order valence-corrected chi connectivity index (χ2v) is 9.00. The molecule has 0 spiro atoms. The van der Waals surface area contributed by atoms with Crippen molar-refractivity contribution in [2.45, 2.75) is 31.2 Å². The van der Waals surface area contributed by atoms with E-state index in [0.29, 0.717) is 12.1 Å². The summed E-state index contributed by atoms with van der Waals surface area (Å²) in [5.74, 6) is -1.62. The summed E-state index contributed by atoms with van der Waals surface area (Å²) < 4.78 is 41.5. The van der Waals surface area contributed by atoms with Gasteiger partial charge >= 0.3 is 0 Å². The predicted molar refractivity (Wildman–Crippen MR) is 109 cm³/mol. The van der Waals surface area contributed by atoms with Gasteiger partial charge in [0.05, 0.1) is 11.0 Å². The Morgan fingerprint density at radius 3 is 2.72 bits per heavy atom. The van der Waals surface area contributed by atoms with Gasteiger partial charge in [-0.15, -0.1) is 0 Å². The average molecular weight is 419 g/mol. The Morgan fingerprint density at radius 2 is 1.97 bits per heavy atom. The Balaban J connectivity index is 1.50. The highest BCUT2D eigenvalue weighted by atomic mass is 32.2. The van der Waals surface area contributed by atoms with E-state index in [0.717, 1.165) is 43.0 Å². The van der Waals surface area contributed by atoms with Crippen LogP contribution in [-0.4, -0.2) is 40.4 Å². The van der Waals surface area contributed by atoms with Gasteiger partial charge in [-0.1, -0.05) is 30.3 Å². The Hall–Kier alpha value is -2.12. The van der Waals surface area contributed by atoms with Gasteiger partial charge in [0, 0.05) is 31.3 Å². The topological polar surface area (TPSA) is 49.4 Å². The Morgan fingerprint density at radius 1 is 1.17 bits per heavy atom. The van der Waals surface area contributed by atoms with Crippen LogP contribution in [0.25, 0.3) is 11.1 Å². The molecule has 1 aliphatic heterocycles. The minimum Gasteiger partial charge on any atom is -0.341 e. The van der Waals surface area contributed by atoms with Crippen molar-refractivity contribution in [1.29, 1.82) is 0 Å². The quantitative estimate of drug-likeness (QED) is 0.807. The fraction of sp³-hybridized carbons (Fsp3) is 0.409. The van der Waals surface area contributed by atoms with Crippen molar-refractivity contribution in [3.63, 3.8) is 0 Å². The first-order chi connectivity index (χ1) is 13.9. The van der Waals surface area contributed by atoms with E-state index in [-0.39, 0.29) is 23.8 Å². The number of nitrogens with one attached hydrogen (secondary N) is 1. The second-order valence-electron chi connectivity index (χ2n) is 7.86. The highest BCUT2D eigenvalue weighted by molar-refractivity contribution is 7.82. The summed E-state index contributed by atoms with van der Waals surface area (Å²) in [7, 11) is -1.10. The normalized spacial score (nSPS) is 24.9. The summed E-state index contributed by atoms with van der Waals surface area (Å²) >= 11 is 0. The van der Waals surface area contributed by atoms with Gasteiger partial charge in [0.15, 0.2) is 11.6 Å². The number of carbonyl (C=O) groups excluding carboxylic acids is 1. The zero-order valence-electron chi connectivity index (χ0n) is 16.2. The van der Waals surface area contributed by atoms with Gasteiger partial charge in [-0.05, 0) is 54.0 Å². The van der Waals surface area contributed by atoms with Gasteiger partial charge in [-0.25, -0.2) is 17.7 Å². The molecule has 2 aromatic rings. The summed E-state index contributed by atoms with van der Waals surface area (Å²) in [6.07, 6.45) is 4.17. The van der Waals surface area contributed by atoms with E-state index in [4.69, 9.17) is 0 Å². The minimum absolute atomic E-state index is 0.0604. The smallest absolute Gasteiger partial charge is 0.226 e. The maximum atomic E-state index is 13.7. The molecule has 29 heavy (non-hydrogen) atoms. The fourth-order valence-corrected chi connectivity index (χ4v) is 4.96. The van der Waals surface area contributed by atoms with Crippen LogP contribution in [-0.2, 0) is 15.8 Å². The average Bonchev–Trinajstić information content (AvgIpc) is 3.50. The summed E-state index contributed by atoms with van der Waals surface area (Å²) in [6, 6.07) is 11.6. The van der Waals surface area contributed by atoms with Crippen LogP contribution in [0.5, 0.6) is 0 Å². The lowest BCUT2D eigenvalue weighted by molar-refractivity contribution is -0.133. The summed E-state index contributed by atoms with van der Waals surface area (Å²) in [5.41, 5.74) is 2.45. The van der Waals surface area contributed by atoms with Crippen LogP contribution in [0, 0.1) is 17.6 Å². The molecular weight excluding hydrogens is 394 g/mol. The van der Waals surface area contributed by atoms with E-state index >= 15 is 0 Å². The van der Waals surface area contributed by atoms with Crippen LogP contribution >= 0.6 is 0 Å². The number of nitrogens with zero attached hydrogens (tertiary/aromatic N) is 1. The fourth-order valence-electron chi connectivity index (χ4n) is 4.30. The second kappa shape index (κ2) is 8.32. The third-order valence-corrected chi connectivity index (χ3v) is 6.43. The van der Waals surface area contributed by atoms with Gasteiger partial charge in [0.2, 0.25) is 5.91 Å². The SMILES string of the molecule is CS(=O)NC1CCCN(C(=O)C2CC2c2ccccc2-c2ccc(F)c(F)c2)C1. The van der Waals surface area contributed by atoms with Crippen LogP contribution in [0.4, 0.5) is 8.78 Å². The van der Waals surface area contributed by atoms with Gasteiger partial charge in [-0.2, -0.15) is 0 Å². The van der Waals surface area contributed by atoms with Crippen LogP contribution in [0.3, 0.4) is 0 Å². The maximum Gasteiger partial charge on any atom is 0.226 e. The maximum absolute atomic E-state index is 13.7. The first kappa shape index (κ1) is 20.2.